The number of benzene rings is 1. The van der Waals surface area contributed by atoms with Gasteiger partial charge in [-0.15, -0.1) is 0 Å². The van der Waals surface area contributed by atoms with Crippen LogP contribution < -0.4 is 15.8 Å². The third-order valence-corrected chi connectivity index (χ3v) is 7.61. The van der Waals surface area contributed by atoms with Crippen LogP contribution in [0, 0.1) is 12.3 Å². The molecule has 1 fully saturated rings. The molecule has 1 aliphatic rings. The number of pyridine rings is 1. The first-order valence-electron chi connectivity index (χ1n) is 15.5. The van der Waals surface area contributed by atoms with Crippen LogP contribution in [-0.2, 0) is 27.2 Å². The lowest BCUT2D eigenvalue weighted by Gasteiger charge is -2.25. The molecule has 2 N–H and O–H groups in total. The second-order valence-corrected chi connectivity index (χ2v) is 11.4. The van der Waals surface area contributed by atoms with E-state index in [1.54, 1.807) is 7.11 Å². The Kier molecular flexibility index (Phi) is 14.5. The summed E-state index contributed by atoms with van der Waals surface area (Å²) < 4.78 is 13.3. The number of anilines is 1. The van der Waals surface area contributed by atoms with Crippen molar-refractivity contribution in [2.45, 2.75) is 87.3 Å². The number of fused-ring (bicyclic) bond motifs is 1. The lowest BCUT2D eigenvalue weighted by molar-refractivity contribution is -0.131. The number of carbonyl (C=O) groups is 1. The van der Waals surface area contributed by atoms with Crippen molar-refractivity contribution < 1.29 is 14.3 Å². The van der Waals surface area contributed by atoms with E-state index in [0.717, 1.165) is 49.4 Å². The summed E-state index contributed by atoms with van der Waals surface area (Å²) in [6, 6.07) is 8.93. The Morgan fingerprint density at radius 2 is 1.81 bits per heavy atom. The monoisotopic (exact) mass is 581 g/mol. The van der Waals surface area contributed by atoms with Crippen LogP contribution in [0.3, 0.4) is 0 Å². The summed E-state index contributed by atoms with van der Waals surface area (Å²) >= 11 is 0. The second-order valence-electron chi connectivity index (χ2n) is 11.4. The van der Waals surface area contributed by atoms with E-state index in [1.807, 2.05) is 27.0 Å². The second kappa shape index (κ2) is 17.2. The van der Waals surface area contributed by atoms with Crippen LogP contribution in [-0.4, -0.2) is 56.4 Å². The molecule has 3 heterocycles. The number of nitrogens with one attached hydrogen (secondary N) is 2. The Hall–Kier alpha value is -2.94. The largest absolute Gasteiger partial charge is 0.467 e. The molecular weight excluding hydrogens is 526 g/mol. The van der Waals surface area contributed by atoms with Gasteiger partial charge in [0, 0.05) is 74.1 Å². The summed E-state index contributed by atoms with van der Waals surface area (Å²) in [5.74, 6) is 0. The smallest absolute Gasteiger partial charge is 0.293 e. The molecule has 0 aliphatic carbocycles. The standard InChI is InChI=1S/C28H39N3O3.C4H10N2.C2H6/c1-9-30(7)21-11-12-25-22(14-21)24(15-28(5,6)17-34-18-32)27(31(25)10-2)23-13-19(3)16-29-26(23)20(4)33-8;1-2-4-6-5-3-1;1-2/h11-14,16,18,20H,9-10,15,17H2,1-8H3;5-6H,1-4H2;1-2H3. The van der Waals surface area contributed by atoms with Gasteiger partial charge in [0.1, 0.15) is 0 Å². The zero-order valence-corrected chi connectivity index (χ0v) is 27.8. The van der Waals surface area contributed by atoms with Crippen LogP contribution >= 0.6 is 0 Å². The molecule has 8 heteroatoms. The number of nitrogens with zero attached hydrogens (tertiary/aromatic N) is 3. The first-order chi connectivity index (χ1) is 20.2. The fourth-order valence-corrected chi connectivity index (χ4v) is 5.25. The summed E-state index contributed by atoms with van der Waals surface area (Å²) in [7, 11) is 3.84. The van der Waals surface area contributed by atoms with Crippen LogP contribution in [0.2, 0.25) is 0 Å². The highest BCUT2D eigenvalue weighted by Gasteiger charge is 2.28. The molecule has 1 saturated heterocycles. The summed E-state index contributed by atoms with van der Waals surface area (Å²) in [6.45, 7) is 21.7. The van der Waals surface area contributed by atoms with Crippen molar-refractivity contribution in [3.63, 3.8) is 0 Å². The number of methoxy groups -OCH3 is 1. The highest BCUT2D eigenvalue weighted by molar-refractivity contribution is 5.94. The molecule has 1 atom stereocenters. The summed E-state index contributed by atoms with van der Waals surface area (Å²) in [5.41, 5.74) is 13.8. The topological polar surface area (TPSA) is 80.7 Å². The summed E-state index contributed by atoms with van der Waals surface area (Å²) in [6.07, 6.45) is 5.18. The first-order valence-corrected chi connectivity index (χ1v) is 15.5. The van der Waals surface area contributed by atoms with E-state index in [-0.39, 0.29) is 11.5 Å². The molecule has 1 aromatic carbocycles. The lowest BCUT2D eigenvalue weighted by atomic mass is 9.84. The van der Waals surface area contributed by atoms with Crippen LogP contribution in [0.15, 0.2) is 30.5 Å². The number of aryl methyl sites for hydroxylation is 2. The molecule has 0 bridgehead atoms. The van der Waals surface area contributed by atoms with Crippen molar-refractivity contribution in [3.8, 4) is 11.3 Å². The molecule has 0 spiro atoms. The molecule has 4 rings (SSSR count). The molecule has 234 valence electrons. The van der Waals surface area contributed by atoms with E-state index < -0.39 is 0 Å². The molecule has 42 heavy (non-hydrogen) atoms. The van der Waals surface area contributed by atoms with Gasteiger partial charge in [0.25, 0.3) is 6.47 Å². The summed E-state index contributed by atoms with van der Waals surface area (Å²) in [4.78, 5) is 18.0. The molecule has 3 aromatic rings. The van der Waals surface area contributed by atoms with Gasteiger partial charge in [-0.3, -0.25) is 20.6 Å². The third kappa shape index (κ3) is 9.03. The molecule has 1 aliphatic heterocycles. The van der Waals surface area contributed by atoms with Gasteiger partial charge in [-0.2, -0.15) is 0 Å². The van der Waals surface area contributed by atoms with Gasteiger partial charge in [0.2, 0.25) is 0 Å². The normalized spacial score (nSPS) is 13.9. The van der Waals surface area contributed by atoms with Gasteiger partial charge < -0.3 is 18.9 Å². The van der Waals surface area contributed by atoms with Gasteiger partial charge in [-0.05, 0) is 82.3 Å². The maximum absolute atomic E-state index is 10.9. The molecule has 8 nitrogen and oxygen atoms in total. The van der Waals surface area contributed by atoms with Crippen molar-refractivity contribution in [3.05, 3.63) is 47.3 Å². The third-order valence-electron chi connectivity index (χ3n) is 7.61. The number of hydrogen-bond donors (Lipinski definition) is 2. The lowest BCUT2D eigenvalue weighted by Crippen LogP contribution is -2.37. The van der Waals surface area contributed by atoms with Crippen LogP contribution in [0.5, 0.6) is 0 Å². The minimum absolute atomic E-state index is 0.139. The average Bonchev–Trinajstić information content (AvgIpc) is 3.32. The Bertz CT molecular complexity index is 1240. The Morgan fingerprint density at radius 3 is 2.33 bits per heavy atom. The van der Waals surface area contributed by atoms with Gasteiger partial charge >= 0.3 is 0 Å². The Balaban J connectivity index is 0.000000672. The fourth-order valence-electron chi connectivity index (χ4n) is 5.25. The molecule has 1 unspecified atom stereocenters. The predicted molar refractivity (Wildman–Crippen MR) is 176 cm³/mol. The first kappa shape index (κ1) is 35.3. The van der Waals surface area contributed by atoms with Gasteiger partial charge in [0.15, 0.2) is 0 Å². The quantitative estimate of drug-likeness (QED) is 0.240. The maximum atomic E-state index is 10.9. The minimum atomic E-state index is -0.237. The van der Waals surface area contributed by atoms with Crippen molar-refractivity contribution in [2.24, 2.45) is 5.41 Å². The summed E-state index contributed by atoms with van der Waals surface area (Å²) in [5, 5.41) is 1.23. The van der Waals surface area contributed by atoms with Crippen molar-refractivity contribution in [1.82, 2.24) is 20.4 Å². The molecule has 2 aromatic heterocycles. The number of hydrazine groups is 1. The van der Waals surface area contributed by atoms with Crippen LogP contribution in [0.1, 0.15) is 84.2 Å². The van der Waals surface area contributed by atoms with E-state index in [0.29, 0.717) is 13.1 Å². The minimum Gasteiger partial charge on any atom is -0.467 e. The van der Waals surface area contributed by atoms with E-state index in [1.165, 1.54) is 40.7 Å². The zero-order valence-electron chi connectivity index (χ0n) is 27.8. The van der Waals surface area contributed by atoms with Crippen molar-refractivity contribution in [2.75, 3.05) is 45.3 Å². The van der Waals surface area contributed by atoms with Crippen molar-refractivity contribution >= 4 is 23.1 Å². The number of hydrogen-bond acceptors (Lipinski definition) is 7. The van der Waals surface area contributed by atoms with E-state index in [4.69, 9.17) is 14.5 Å². The van der Waals surface area contributed by atoms with E-state index in [2.05, 4.69) is 86.3 Å². The van der Waals surface area contributed by atoms with Crippen molar-refractivity contribution in [1.29, 1.82) is 0 Å². The molecular formula is C34H55N5O3. The SMILES string of the molecule is C1CCNNC1.CC.CCN(C)c1ccc2c(c1)c(CC(C)(C)COC=O)c(-c1cc(C)cnc1C(C)OC)n2CC. The predicted octanol–water partition coefficient (Wildman–Crippen LogP) is 6.84. The molecule has 0 amide bonds. The average molecular weight is 582 g/mol. The fraction of sp³-hybridized carbons (Fsp3) is 0.588. The van der Waals surface area contributed by atoms with E-state index in [9.17, 15) is 4.79 Å². The van der Waals surface area contributed by atoms with Gasteiger partial charge in [-0.1, -0.05) is 27.7 Å². The molecule has 0 saturated carbocycles. The highest BCUT2D eigenvalue weighted by Crippen LogP contribution is 2.41. The maximum Gasteiger partial charge on any atom is 0.293 e. The number of ether oxygens (including phenoxy) is 2. The van der Waals surface area contributed by atoms with E-state index >= 15 is 0 Å². The number of carbonyl (C=O) groups excluding carboxylic acids is 1. The molecule has 0 radical (unpaired) electrons. The highest BCUT2D eigenvalue weighted by atomic mass is 16.5. The van der Waals surface area contributed by atoms with Crippen LogP contribution in [0.25, 0.3) is 22.2 Å². The number of aromatic nitrogens is 2. The Labute approximate surface area is 254 Å². The van der Waals surface area contributed by atoms with Gasteiger partial charge in [0.05, 0.1) is 24.1 Å². The Morgan fingerprint density at radius 1 is 1.14 bits per heavy atom. The number of rotatable bonds is 11. The zero-order chi connectivity index (χ0) is 31.3. The van der Waals surface area contributed by atoms with Crippen LogP contribution in [0.4, 0.5) is 5.69 Å². The van der Waals surface area contributed by atoms with Gasteiger partial charge in [-0.25, -0.2) is 0 Å².